The first-order chi connectivity index (χ1) is 13.8. The lowest BCUT2D eigenvalue weighted by Crippen LogP contribution is -1.93. The average Bonchev–Trinajstić information content (AvgIpc) is 3.21. The molecule has 0 atom stereocenters. The SMILES string of the molecule is CCCCSc1nnc(-c2ccc(N=Nc3ccc(OCCC)cc3)cc2)o1. The summed E-state index contributed by atoms with van der Waals surface area (Å²) in [6, 6.07) is 15.2. The van der Waals surface area contributed by atoms with Crippen molar-refractivity contribution >= 4 is 23.1 Å². The zero-order valence-electron chi connectivity index (χ0n) is 16.2. The maximum Gasteiger partial charge on any atom is 0.276 e. The fourth-order valence-electron chi connectivity index (χ4n) is 2.30. The van der Waals surface area contributed by atoms with Crippen LogP contribution in [0.15, 0.2) is 68.4 Å². The lowest BCUT2D eigenvalue weighted by molar-refractivity contribution is 0.317. The molecule has 3 aromatic rings. The highest BCUT2D eigenvalue weighted by Gasteiger charge is 2.08. The van der Waals surface area contributed by atoms with Gasteiger partial charge in [-0.2, -0.15) is 10.2 Å². The van der Waals surface area contributed by atoms with E-state index in [9.17, 15) is 0 Å². The third-order valence-electron chi connectivity index (χ3n) is 3.83. The summed E-state index contributed by atoms with van der Waals surface area (Å²) in [7, 11) is 0. The number of benzene rings is 2. The largest absolute Gasteiger partial charge is 0.494 e. The molecule has 146 valence electrons. The van der Waals surface area contributed by atoms with Crippen LogP contribution < -0.4 is 4.74 Å². The summed E-state index contributed by atoms with van der Waals surface area (Å²) >= 11 is 1.59. The Labute approximate surface area is 169 Å². The van der Waals surface area contributed by atoms with E-state index >= 15 is 0 Å². The van der Waals surface area contributed by atoms with Crippen LogP contribution >= 0.6 is 11.8 Å². The summed E-state index contributed by atoms with van der Waals surface area (Å²) in [5, 5.41) is 17.3. The number of azo groups is 1. The summed E-state index contributed by atoms with van der Waals surface area (Å²) in [5.41, 5.74) is 2.40. The first kappa shape index (κ1) is 20.1. The van der Waals surface area contributed by atoms with E-state index in [1.807, 2.05) is 48.5 Å². The average molecular weight is 397 g/mol. The molecule has 0 saturated heterocycles. The molecule has 0 spiro atoms. The van der Waals surface area contributed by atoms with Gasteiger partial charge >= 0.3 is 0 Å². The van der Waals surface area contributed by atoms with Crippen molar-refractivity contribution in [1.82, 2.24) is 10.2 Å². The zero-order chi connectivity index (χ0) is 19.6. The molecule has 0 N–H and O–H groups in total. The quantitative estimate of drug-likeness (QED) is 0.213. The maximum atomic E-state index is 5.70. The molecule has 1 heterocycles. The number of hydrogen-bond acceptors (Lipinski definition) is 7. The molecule has 1 aromatic heterocycles. The molecule has 0 aliphatic rings. The van der Waals surface area contributed by atoms with Gasteiger partial charge in [-0.05, 0) is 61.4 Å². The molecular formula is C21H24N4O2S. The van der Waals surface area contributed by atoms with Gasteiger partial charge < -0.3 is 9.15 Å². The van der Waals surface area contributed by atoms with Gasteiger partial charge in [0.25, 0.3) is 5.22 Å². The summed E-state index contributed by atoms with van der Waals surface area (Å²) in [6.07, 6.45) is 3.28. The highest BCUT2D eigenvalue weighted by molar-refractivity contribution is 7.99. The van der Waals surface area contributed by atoms with E-state index in [2.05, 4.69) is 34.3 Å². The molecule has 3 rings (SSSR count). The van der Waals surface area contributed by atoms with Crippen molar-refractivity contribution in [3.8, 4) is 17.2 Å². The van der Waals surface area contributed by atoms with Crippen LogP contribution in [0.4, 0.5) is 11.4 Å². The fourth-order valence-corrected chi connectivity index (χ4v) is 3.15. The predicted molar refractivity (Wildman–Crippen MR) is 112 cm³/mol. The summed E-state index contributed by atoms with van der Waals surface area (Å²) in [6.45, 7) is 4.96. The van der Waals surface area contributed by atoms with Crippen LogP contribution in [-0.4, -0.2) is 22.6 Å². The number of nitrogens with zero attached hydrogens (tertiary/aromatic N) is 4. The second-order valence-electron chi connectivity index (χ2n) is 6.16. The van der Waals surface area contributed by atoms with Gasteiger partial charge in [0.05, 0.1) is 18.0 Å². The van der Waals surface area contributed by atoms with E-state index in [4.69, 9.17) is 9.15 Å². The smallest absolute Gasteiger partial charge is 0.276 e. The lowest BCUT2D eigenvalue weighted by atomic mass is 10.2. The summed E-state index contributed by atoms with van der Waals surface area (Å²) in [5.74, 6) is 2.35. The third-order valence-corrected chi connectivity index (χ3v) is 4.74. The van der Waals surface area contributed by atoms with Crippen LogP contribution in [0.2, 0.25) is 0 Å². The van der Waals surface area contributed by atoms with Crippen LogP contribution in [0.5, 0.6) is 5.75 Å². The Kier molecular flexibility index (Phi) is 7.61. The van der Waals surface area contributed by atoms with Crippen molar-refractivity contribution in [3.05, 3.63) is 48.5 Å². The Balaban J connectivity index is 1.59. The Hall–Kier alpha value is -2.67. The summed E-state index contributed by atoms with van der Waals surface area (Å²) in [4.78, 5) is 0. The molecule has 0 fully saturated rings. The topological polar surface area (TPSA) is 72.9 Å². The van der Waals surface area contributed by atoms with Crippen molar-refractivity contribution in [1.29, 1.82) is 0 Å². The monoisotopic (exact) mass is 396 g/mol. The standard InChI is InChI=1S/C21H24N4O2S/c1-3-5-15-28-21-25-24-20(27-21)16-6-8-17(9-7-16)22-23-18-10-12-19(13-11-18)26-14-4-2/h6-13H,3-5,14-15H2,1-2H3. The number of rotatable bonds is 10. The van der Waals surface area contributed by atoms with Crippen LogP contribution in [-0.2, 0) is 0 Å². The number of aromatic nitrogens is 2. The van der Waals surface area contributed by atoms with Crippen LogP contribution in [0.3, 0.4) is 0 Å². The van der Waals surface area contributed by atoms with Crippen LogP contribution in [0.25, 0.3) is 11.5 Å². The van der Waals surface area contributed by atoms with Gasteiger partial charge in [0, 0.05) is 11.3 Å². The molecule has 0 bridgehead atoms. The van der Waals surface area contributed by atoms with Crippen molar-refractivity contribution in [2.75, 3.05) is 12.4 Å². The molecular weight excluding hydrogens is 372 g/mol. The lowest BCUT2D eigenvalue weighted by Gasteiger charge is -2.03. The predicted octanol–water partition coefficient (Wildman–Crippen LogP) is 6.83. The number of thioether (sulfide) groups is 1. The van der Waals surface area contributed by atoms with Crippen molar-refractivity contribution in [2.24, 2.45) is 10.2 Å². The molecule has 0 radical (unpaired) electrons. The molecule has 6 nitrogen and oxygen atoms in total. The van der Waals surface area contributed by atoms with Gasteiger partial charge in [-0.1, -0.05) is 32.0 Å². The van der Waals surface area contributed by atoms with Crippen molar-refractivity contribution in [3.63, 3.8) is 0 Å². The summed E-state index contributed by atoms with van der Waals surface area (Å²) < 4.78 is 11.3. The van der Waals surface area contributed by atoms with E-state index in [1.165, 1.54) is 0 Å². The van der Waals surface area contributed by atoms with Gasteiger partial charge in [-0.3, -0.25) is 0 Å². The Bertz CT molecular complexity index is 876. The molecule has 0 saturated carbocycles. The molecule has 0 aliphatic heterocycles. The number of hydrogen-bond donors (Lipinski definition) is 0. The van der Waals surface area contributed by atoms with E-state index < -0.39 is 0 Å². The van der Waals surface area contributed by atoms with Crippen LogP contribution in [0.1, 0.15) is 33.1 Å². The van der Waals surface area contributed by atoms with Gasteiger partial charge in [-0.15, -0.1) is 10.2 Å². The minimum atomic E-state index is 0.519. The van der Waals surface area contributed by atoms with Gasteiger partial charge in [0.15, 0.2) is 0 Å². The Morgan fingerprint density at radius 3 is 2.21 bits per heavy atom. The Morgan fingerprint density at radius 1 is 0.893 bits per heavy atom. The minimum Gasteiger partial charge on any atom is -0.494 e. The van der Waals surface area contributed by atoms with Crippen LogP contribution in [0, 0.1) is 0 Å². The molecule has 2 aromatic carbocycles. The second kappa shape index (κ2) is 10.6. The molecule has 0 amide bonds. The fraction of sp³-hybridized carbons (Fsp3) is 0.333. The van der Waals surface area contributed by atoms with E-state index in [-0.39, 0.29) is 0 Å². The molecule has 28 heavy (non-hydrogen) atoms. The van der Waals surface area contributed by atoms with E-state index in [1.54, 1.807) is 11.8 Å². The molecule has 0 unspecified atom stereocenters. The first-order valence-electron chi connectivity index (χ1n) is 9.50. The number of unbranched alkanes of at least 4 members (excludes halogenated alkanes) is 1. The third kappa shape index (κ3) is 5.92. The highest BCUT2D eigenvalue weighted by Crippen LogP contribution is 2.26. The Morgan fingerprint density at radius 2 is 1.57 bits per heavy atom. The van der Waals surface area contributed by atoms with E-state index in [0.29, 0.717) is 17.7 Å². The second-order valence-corrected chi connectivity index (χ2v) is 7.21. The first-order valence-corrected chi connectivity index (χ1v) is 10.5. The van der Waals surface area contributed by atoms with Gasteiger partial charge in [0.2, 0.25) is 5.89 Å². The van der Waals surface area contributed by atoms with Crippen molar-refractivity contribution in [2.45, 2.75) is 38.3 Å². The molecule has 0 aliphatic carbocycles. The highest BCUT2D eigenvalue weighted by atomic mass is 32.2. The van der Waals surface area contributed by atoms with Crippen molar-refractivity contribution < 1.29 is 9.15 Å². The number of ether oxygens (including phenoxy) is 1. The minimum absolute atomic E-state index is 0.519. The molecule has 7 heteroatoms. The zero-order valence-corrected chi connectivity index (χ0v) is 17.0. The maximum absolute atomic E-state index is 5.70. The normalized spacial score (nSPS) is 11.2. The van der Waals surface area contributed by atoms with E-state index in [0.717, 1.165) is 47.7 Å². The van der Waals surface area contributed by atoms with Gasteiger partial charge in [-0.25, -0.2) is 0 Å². The van der Waals surface area contributed by atoms with Gasteiger partial charge in [0.1, 0.15) is 5.75 Å².